The highest BCUT2D eigenvalue weighted by atomic mass is 19.4. The molecule has 2 aromatic carbocycles. The number of rotatable bonds is 8. The molecule has 3 aromatic rings. The van der Waals surface area contributed by atoms with Crippen molar-refractivity contribution in [2.45, 2.75) is 25.8 Å². The summed E-state index contributed by atoms with van der Waals surface area (Å²) >= 11 is 0. The van der Waals surface area contributed by atoms with E-state index in [2.05, 4.69) is 6.58 Å². The first-order chi connectivity index (χ1) is 13.8. The van der Waals surface area contributed by atoms with Crippen LogP contribution in [-0.2, 0) is 25.8 Å². The molecule has 0 aliphatic heterocycles. The van der Waals surface area contributed by atoms with Gasteiger partial charge in [-0.2, -0.15) is 13.2 Å². The van der Waals surface area contributed by atoms with Crippen LogP contribution in [0.4, 0.5) is 17.6 Å². The maximum atomic E-state index is 13.5. The number of quaternary nitrogens is 1. The van der Waals surface area contributed by atoms with E-state index in [-0.39, 0.29) is 5.82 Å². The molecule has 1 atom stereocenters. The Labute approximate surface area is 167 Å². The lowest BCUT2D eigenvalue weighted by atomic mass is 10.1. The second-order valence-electron chi connectivity index (χ2n) is 7.05. The van der Waals surface area contributed by atoms with Crippen molar-refractivity contribution in [3.8, 4) is 0 Å². The summed E-state index contributed by atoms with van der Waals surface area (Å²) in [5, 5.41) is 0. The number of hydrogen-bond acceptors (Lipinski definition) is 0. The van der Waals surface area contributed by atoms with Gasteiger partial charge < -0.3 is 9.47 Å². The van der Waals surface area contributed by atoms with Gasteiger partial charge in [-0.05, 0) is 48.0 Å². The molecule has 0 fully saturated rings. The molecule has 3 rings (SSSR count). The number of benzene rings is 2. The molecule has 152 valence electrons. The maximum Gasteiger partial charge on any atom is 0.416 e. The van der Waals surface area contributed by atoms with Gasteiger partial charge in [-0.3, -0.25) is 0 Å². The van der Waals surface area contributed by atoms with E-state index in [4.69, 9.17) is 0 Å². The Kier molecular flexibility index (Phi) is 6.54. The van der Waals surface area contributed by atoms with E-state index in [0.717, 1.165) is 22.2 Å². The van der Waals surface area contributed by atoms with Crippen LogP contribution in [0.3, 0.4) is 0 Å². The van der Waals surface area contributed by atoms with Crippen LogP contribution < -0.4 is 4.90 Å². The molecule has 6 heteroatoms. The van der Waals surface area contributed by atoms with E-state index in [1.807, 2.05) is 35.0 Å². The summed E-state index contributed by atoms with van der Waals surface area (Å²) in [6, 6.07) is 15.7. The van der Waals surface area contributed by atoms with Crippen LogP contribution in [0.5, 0.6) is 0 Å². The Morgan fingerprint density at radius 2 is 1.69 bits per heavy atom. The first-order valence-electron chi connectivity index (χ1n) is 9.34. The molecule has 2 nitrogen and oxygen atoms in total. The van der Waals surface area contributed by atoms with E-state index >= 15 is 0 Å². The minimum atomic E-state index is -4.36. The number of nitrogens with one attached hydrogen (secondary N) is 1. The average molecular weight is 403 g/mol. The molecule has 1 heterocycles. The minimum absolute atomic E-state index is 0.270. The van der Waals surface area contributed by atoms with E-state index < -0.39 is 11.7 Å². The van der Waals surface area contributed by atoms with Crippen molar-refractivity contribution in [1.29, 1.82) is 0 Å². The van der Waals surface area contributed by atoms with E-state index in [9.17, 15) is 17.6 Å². The summed E-state index contributed by atoms with van der Waals surface area (Å²) in [7, 11) is 0. The zero-order valence-corrected chi connectivity index (χ0v) is 15.9. The molecule has 0 aliphatic carbocycles. The normalized spacial score (nSPS) is 12.7. The molecule has 1 N–H and O–H groups in total. The summed E-state index contributed by atoms with van der Waals surface area (Å²) in [5.41, 5.74) is 1.83. The summed E-state index contributed by atoms with van der Waals surface area (Å²) in [5.74, 6) is -0.270. The zero-order valence-electron chi connectivity index (χ0n) is 15.9. The van der Waals surface area contributed by atoms with Crippen LogP contribution in [-0.4, -0.2) is 11.1 Å². The predicted octanol–water partition coefficient (Wildman–Crippen LogP) is 4.47. The highest BCUT2D eigenvalue weighted by Crippen LogP contribution is 2.29. The Balaban J connectivity index is 1.75. The van der Waals surface area contributed by atoms with Crippen LogP contribution in [0.1, 0.15) is 22.4 Å². The molecule has 0 bridgehead atoms. The van der Waals surface area contributed by atoms with Gasteiger partial charge in [0.05, 0.1) is 17.8 Å². The Morgan fingerprint density at radius 1 is 0.931 bits per heavy atom. The Hall–Kier alpha value is -2.86. The van der Waals surface area contributed by atoms with Crippen molar-refractivity contribution < 1.29 is 22.5 Å². The standard InChI is InChI=1S/C23H22F4N2/c1-2-11-28(15-19-7-4-9-21(24)14-19)17-22-10-5-12-29(22)16-18-6-3-8-20(13-18)23(25,26)27/h2-10,12-14H,1,11,15-17H2/p+1. The average Bonchev–Trinajstić information content (AvgIpc) is 3.08. The monoisotopic (exact) mass is 403 g/mol. The molecule has 1 aromatic heterocycles. The third kappa shape index (κ3) is 5.81. The van der Waals surface area contributed by atoms with Crippen molar-refractivity contribution in [3.05, 3.63) is 108 Å². The molecule has 0 spiro atoms. The lowest BCUT2D eigenvalue weighted by Crippen LogP contribution is -3.09. The van der Waals surface area contributed by atoms with Gasteiger partial charge in [0, 0.05) is 18.3 Å². The van der Waals surface area contributed by atoms with E-state index in [1.165, 1.54) is 24.3 Å². The number of aromatic nitrogens is 1. The van der Waals surface area contributed by atoms with Gasteiger partial charge in [0.1, 0.15) is 18.9 Å². The number of alkyl halides is 3. The second kappa shape index (κ2) is 9.09. The first kappa shape index (κ1) is 20.9. The smallest absolute Gasteiger partial charge is 0.342 e. The van der Waals surface area contributed by atoms with Crippen molar-refractivity contribution in [1.82, 2.24) is 4.57 Å². The summed E-state index contributed by atoms with van der Waals surface area (Å²) in [6.45, 7) is 6.11. The summed E-state index contributed by atoms with van der Waals surface area (Å²) in [4.78, 5) is 1.16. The molecular weight excluding hydrogens is 380 g/mol. The van der Waals surface area contributed by atoms with Gasteiger partial charge in [-0.15, -0.1) is 0 Å². The molecule has 1 unspecified atom stereocenters. The van der Waals surface area contributed by atoms with Gasteiger partial charge in [0.25, 0.3) is 0 Å². The van der Waals surface area contributed by atoms with Gasteiger partial charge in [0.15, 0.2) is 0 Å². The Morgan fingerprint density at radius 3 is 2.41 bits per heavy atom. The highest BCUT2D eigenvalue weighted by Gasteiger charge is 2.30. The van der Waals surface area contributed by atoms with Crippen molar-refractivity contribution in [2.75, 3.05) is 6.54 Å². The van der Waals surface area contributed by atoms with Crippen LogP contribution >= 0.6 is 0 Å². The largest absolute Gasteiger partial charge is 0.416 e. The lowest BCUT2D eigenvalue weighted by Gasteiger charge is -2.19. The summed E-state index contributed by atoms with van der Waals surface area (Å²) in [6.07, 6.45) is -0.677. The van der Waals surface area contributed by atoms with Crippen molar-refractivity contribution in [2.24, 2.45) is 0 Å². The number of nitrogens with zero attached hydrogens (tertiary/aromatic N) is 1. The fourth-order valence-electron chi connectivity index (χ4n) is 3.41. The fourth-order valence-corrected chi connectivity index (χ4v) is 3.41. The quantitative estimate of drug-likeness (QED) is 0.420. The number of halogens is 4. The van der Waals surface area contributed by atoms with Gasteiger partial charge >= 0.3 is 6.18 Å². The topological polar surface area (TPSA) is 9.37 Å². The fraction of sp³-hybridized carbons (Fsp3) is 0.217. The van der Waals surface area contributed by atoms with Crippen LogP contribution in [0.25, 0.3) is 0 Å². The van der Waals surface area contributed by atoms with E-state index in [0.29, 0.717) is 31.7 Å². The second-order valence-corrected chi connectivity index (χ2v) is 7.05. The molecular formula is C23H23F4N2+. The van der Waals surface area contributed by atoms with E-state index in [1.54, 1.807) is 12.1 Å². The minimum Gasteiger partial charge on any atom is -0.342 e. The third-order valence-electron chi connectivity index (χ3n) is 4.74. The van der Waals surface area contributed by atoms with Gasteiger partial charge in [0.2, 0.25) is 0 Å². The highest BCUT2D eigenvalue weighted by molar-refractivity contribution is 5.26. The molecule has 0 amide bonds. The summed E-state index contributed by atoms with van der Waals surface area (Å²) < 4.78 is 54.4. The molecule has 0 aliphatic rings. The molecule has 0 saturated heterocycles. The molecule has 0 radical (unpaired) electrons. The zero-order chi connectivity index (χ0) is 20.9. The molecule has 0 saturated carbocycles. The lowest BCUT2D eigenvalue weighted by molar-refractivity contribution is -0.922. The van der Waals surface area contributed by atoms with Crippen LogP contribution in [0, 0.1) is 5.82 Å². The van der Waals surface area contributed by atoms with Crippen molar-refractivity contribution in [3.63, 3.8) is 0 Å². The first-order valence-corrected chi connectivity index (χ1v) is 9.34. The third-order valence-corrected chi connectivity index (χ3v) is 4.74. The maximum absolute atomic E-state index is 13.5. The van der Waals surface area contributed by atoms with Crippen LogP contribution in [0.2, 0.25) is 0 Å². The van der Waals surface area contributed by atoms with Crippen molar-refractivity contribution >= 4 is 0 Å². The van der Waals surface area contributed by atoms with Crippen LogP contribution in [0.15, 0.2) is 79.5 Å². The predicted molar refractivity (Wildman–Crippen MR) is 105 cm³/mol. The Bertz CT molecular complexity index is 959. The van der Waals surface area contributed by atoms with Gasteiger partial charge in [-0.25, -0.2) is 4.39 Å². The number of hydrogen-bond donors (Lipinski definition) is 1. The SMILES string of the molecule is C=CC[NH+](Cc1cccc(F)c1)Cc1cccn1Cc1cccc(C(F)(F)F)c1. The van der Waals surface area contributed by atoms with Gasteiger partial charge in [-0.1, -0.05) is 30.8 Å². The molecule has 29 heavy (non-hydrogen) atoms.